The molecular weight excluding hydrogens is 541 g/mol. The average molecular weight is 565 g/mol. The number of rotatable bonds is 5. The van der Waals surface area contributed by atoms with Crippen molar-refractivity contribution in [3.8, 4) is 5.75 Å². The molecule has 1 aliphatic heterocycles. The van der Waals surface area contributed by atoms with Gasteiger partial charge in [0, 0.05) is 29.1 Å². The molecule has 1 unspecified atom stereocenters. The van der Waals surface area contributed by atoms with Crippen LogP contribution in [-0.4, -0.2) is 48.0 Å². The maximum Gasteiger partial charge on any atom is 0.258 e. The molecule has 2 atom stereocenters. The van der Waals surface area contributed by atoms with Crippen LogP contribution in [0.4, 0.5) is 20.2 Å². The molecule has 38 heavy (non-hydrogen) atoms. The number of ether oxygens (including phenoxy) is 1. The Morgan fingerprint density at radius 1 is 1.13 bits per heavy atom. The highest BCUT2D eigenvalue weighted by molar-refractivity contribution is 6.34. The molecule has 0 spiro atoms. The van der Waals surface area contributed by atoms with E-state index in [1.165, 1.54) is 54.5 Å². The Morgan fingerprint density at radius 3 is 2.53 bits per heavy atom. The molecule has 3 N–H and O–H groups in total. The van der Waals surface area contributed by atoms with E-state index in [1.54, 1.807) is 0 Å². The third-order valence-electron chi connectivity index (χ3n) is 6.71. The van der Waals surface area contributed by atoms with E-state index in [4.69, 9.17) is 27.9 Å². The van der Waals surface area contributed by atoms with E-state index < -0.39 is 35.5 Å². The summed E-state index contributed by atoms with van der Waals surface area (Å²) in [5.41, 5.74) is -3.98. The number of nitrogens with one attached hydrogen (secondary N) is 1. The number of anilines is 2. The van der Waals surface area contributed by atoms with Gasteiger partial charge in [0.05, 0.1) is 35.7 Å². The monoisotopic (exact) mass is 564 g/mol. The Hall–Kier alpha value is -3.24. The van der Waals surface area contributed by atoms with Crippen molar-refractivity contribution in [3.05, 3.63) is 87.2 Å². The Kier molecular flexibility index (Phi) is 7.67. The molecule has 0 bridgehead atoms. The van der Waals surface area contributed by atoms with E-state index in [2.05, 4.69) is 5.32 Å². The lowest BCUT2D eigenvalue weighted by molar-refractivity contribution is -0.130. The first-order chi connectivity index (χ1) is 17.9. The van der Waals surface area contributed by atoms with Crippen molar-refractivity contribution in [1.82, 2.24) is 0 Å². The van der Waals surface area contributed by atoms with Crippen molar-refractivity contribution in [3.63, 3.8) is 0 Å². The highest BCUT2D eigenvalue weighted by atomic mass is 35.5. The number of fused-ring (bicyclic) bond motifs is 1. The van der Waals surface area contributed by atoms with Crippen LogP contribution >= 0.6 is 23.2 Å². The first-order valence-corrected chi connectivity index (χ1v) is 12.3. The van der Waals surface area contributed by atoms with Gasteiger partial charge in [-0.05, 0) is 61.5 Å². The molecule has 0 fully saturated rings. The number of aliphatic hydroxyl groups is 2. The van der Waals surface area contributed by atoms with Crippen molar-refractivity contribution >= 4 is 46.4 Å². The predicted molar refractivity (Wildman–Crippen MR) is 141 cm³/mol. The quantitative estimate of drug-likeness (QED) is 0.388. The first-order valence-electron chi connectivity index (χ1n) is 11.5. The van der Waals surface area contributed by atoms with E-state index >= 15 is 4.39 Å². The fourth-order valence-corrected chi connectivity index (χ4v) is 4.84. The summed E-state index contributed by atoms with van der Waals surface area (Å²) in [6, 6.07) is 12.0. The fourth-order valence-electron chi connectivity index (χ4n) is 4.41. The minimum absolute atomic E-state index is 0.0182. The summed E-state index contributed by atoms with van der Waals surface area (Å²) < 4.78 is 34.4. The first kappa shape index (κ1) is 27.8. The summed E-state index contributed by atoms with van der Waals surface area (Å²) in [6.07, 6.45) is -0.272. The molecule has 2 amide bonds. The molecular formula is C27H24Cl2F2N2O5. The van der Waals surface area contributed by atoms with E-state index in [1.807, 2.05) is 0 Å². The molecule has 0 aromatic heterocycles. The third kappa shape index (κ3) is 4.94. The second kappa shape index (κ2) is 10.5. The van der Waals surface area contributed by atoms with Crippen LogP contribution in [0.15, 0.2) is 54.6 Å². The van der Waals surface area contributed by atoms with Crippen LogP contribution in [0.25, 0.3) is 0 Å². The number of carbonyl (C=O) groups is 2. The van der Waals surface area contributed by atoms with Gasteiger partial charge in [-0.2, -0.15) is 0 Å². The Labute approximate surface area is 227 Å². The van der Waals surface area contributed by atoms with Gasteiger partial charge in [0.15, 0.2) is 0 Å². The minimum atomic E-state index is -2.30. The SMILES string of the molecule is COc1cc(C(=O)N2CCC(C)(F)[C@](O)(CO)c3cc(Cl)ccc32)ccc1NC(=O)c1ccc(F)cc1Cl. The number of methoxy groups -OCH3 is 1. The Morgan fingerprint density at radius 2 is 1.87 bits per heavy atom. The number of alkyl halides is 1. The van der Waals surface area contributed by atoms with E-state index in [0.717, 1.165) is 19.1 Å². The van der Waals surface area contributed by atoms with Crippen LogP contribution in [0.2, 0.25) is 10.0 Å². The van der Waals surface area contributed by atoms with Crippen LogP contribution in [0.5, 0.6) is 5.75 Å². The number of halogens is 4. The number of benzene rings is 3. The molecule has 200 valence electrons. The molecule has 4 rings (SSSR count). The summed E-state index contributed by atoms with van der Waals surface area (Å²) in [6.45, 7) is 0.137. The third-order valence-corrected chi connectivity index (χ3v) is 7.26. The van der Waals surface area contributed by atoms with Crippen LogP contribution in [0, 0.1) is 5.82 Å². The largest absolute Gasteiger partial charge is 0.495 e. The van der Waals surface area contributed by atoms with Crippen molar-refractivity contribution in [2.45, 2.75) is 24.6 Å². The highest BCUT2D eigenvalue weighted by Crippen LogP contribution is 2.46. The summed E-state index contributed by atoms with van der Waals surface area (Å²) in [4.78, 5) is 27.6. The van der Waals surface area contributed by atoms with Gasteiger partial charge in [-0.15, -0.1) is 0 Å². The second-order valence-electron chi connectivity index (χ2n) is 9.08. The number of carbonyl (C=O) groups excluding carboxylic acids is 2. The Bertz CT molecular complexity index is 1420. The topological polar surface area (TPSA) is 99.1 Å². The van der Waals surface area contributed by atoms with E-state index in [-0.39, 0.29) is 56.8 Å². The summed E-state index contributed by atoms with van der Waals surface area (Å²) in [5, 5.41) is 23.9. The van der Waals surface area contributed by atoms with Gasteiger partial charge in [-0.1, -0.05) is 23.2 Å². The zero-order chi connectivity index (χ0) is 27.8. The summed E-state index contributed by atoms with van der Waals surface area (Å²) in [5.74, 6) is -1.59. The van der Waals surface area contributed by atoms with Gasteiger partial charge in [-0.3, -0.25) is 9.59 Å². The van der Waals surface area contributed by atoms with Gasteiger partial charge in [0.1, 0.15) is 22.8 Å². The number of amides is 2. The molecule has 0 aliphatic carbocycles. The minimum Gasteiger partial charge on any atom is -0.495 e. The lowest BCUT2D eigenvalue weighted by atomic mass is 9.79. The normalized spacial score (nSPS) is 20.9. The van der Waals surface area contributed by atoms with Crippen molar-refractivity contribution < 1.29 is 33.3 Å². The number of hydrogen-bond acceptors (Lipinski definition) is 5. The van der Waals surface area contributed by atoms with Crippen LogP contribution in [-0.2, 0) is 5.60 Å². The van der Waals surface area contributed by atoms with Crippen LogP contribution in [0.1, 0.15) is 39.6 Å². The maximum absolute atomic E-state index is 15.6. The lowest BCUT2D eigenvalue weighted by Crippen LogP contribution is -2.49. The lowest BCUT2D eigenvalue weighted by Gasteiger charge is -2.37. The zero-order valence-corrected chi connectivity index (χ0v) is 21.9. The van der Waals surface area contributed by atoms with Gasteiger partial charge >= 0.3 is 0 Å². The van der Waals surface area contributed by atoms with Crippen molar-refractivity contribution in [2.24, 2.45) is 0 Å². The molecule has 11 heteroatoms. The van der Waals surface area contributed by atoms with Crippen LogP contribution in [0.3, 0.4) is 0 Å². The molecule has 1 aliphatic rings. The molecule has 1 heterocycles. The highest BCUT2D eigenvalue weighted by Gasteiger charge is 2.52. The average Bonchev–Trinajstić information content (AvgIpc) is 2.96. The van der Waals surface area contributed by atoms with Gasteiger partial charge in [-0.25, -0.2) is 8.78 Å². The van der Waals surface area contributed by atoms with Crippen molar-refractivity contribution in [1.29, 1.82) is 0 Å². The van der Waals surface area contributed by atoms with Crippen molar-refractivity contribution in [2.75, 3.05) is 30.5 Å². The second-order valence-corrected chi connectivity index (χ2v) is 9.92. The number of aliphatic hydroxyl groups excluding tert-OH is 1. The molecule has 3 aromatic carbocycles. The maximum atomic E-state index is 15.6. The van der Waals surface area contributed by atoms with E-state index in [0.29, 0.717) is 0 Å². The standard InChI is InChI=1S/C27H24Cl2F2N2O5/c1-26(31)9-10-33(22-8-4-16(28)12-19(22)27(26,37)14-34)25(36)15-3-7-21(23(11-15)38-2)32-24(35)18-6-5-17(30)13-20(18)29/h3-8,11-13,34,37H,9-10,14H2,1-2H3,(H,32,35)/t26?,27-/m0/s1. The number of hydrogen-bond donors (Lipinski definition) is 3. The zero-order valence-electron chi connectivity index (χ0n) is 20.4. The number of nitrogens with zero attached hydrogens (tertiary/aromatic N) is 1. The molecule has 0 saturated heterocycles. The molecule has 3 aromatic rings. The van der Waals surface area contributed by atoms with Crippen LogP contribution < -0.4 is 15.0 Å². The van der Waals surface area contributed by atoms with Gasteiger partial charge < -0.3 is 25.2 Å². The smallest absolute Gasteiger partial charge is 0.258 e. The predicted octanol–water partition coefficient (Wildman–Crippen LogP) is 5.35. The molecule has 0 saturated carbocycles. The molecule has 7 nitrogen and oxygen atoms in total. The fraction of sp³-hybridized carbons (Fsp3) is 0.259. The molecule has 0 radical (unpaired) electrons. The Balaban J connectivity index is 1.69. The summed E-state index contributed by atoms with van der Waals surface area (Å²) >= 11 is 12.1. The summed E-state index contributed by atoms with van der Waals surface area (Å²) in [7, 11) is 1.35. The van der Waals surface area contributed by atoms with E-state index in [9.17, 15) is 24.2 Å². The van der Waals surface area contributed by atoms with Gasteiger partial charge in [0.25, 0.3) is 11.8 Å². The van der Waals surface area contributed by atoms with Gasteiger partial charge in [0.2, 0.25) is 0 Å².